The predicted molar refractivity (Wildman–Crippen MR) is 81.9 cm³/mol. The standard InChI is InChI=1S/C15H24N2OS/c1-4-8-17-9-6-5-7-13(17)15(18)16-14-11(2)10-19-12(14)3/h10,13H,4-9H2,1-3H3,(H,16,18)/t13-/m1/s1. The molecule has 106 valence electrons. The van der Waals surface area contributed by atoms with Gasteiger partial charge < -0.3 is 5.32 Å². The van der Waals surface area contributed by atoms with Gasteiger partial charge in [0.05, 0.1) is 11.7 Å². The third kappa shape index (κ3) is 3.37. The summed E-state index contributed by atoms with van der Waals surface area (Å²) in [5.41, 5.74) is 2.20. The van der Waals surface area contributed by atoms with Crippen molar-refractivity contribution in [3.63, 3.8) is 0 Å². The van der Waals surface area contributed by atoms with Crippen molar-refractivity contribution in [3.05, 3.63) is 15.8 Å². The normalized spacial score (nSPS) is 20.5. The smallest absolute Gasteiger partial charge is 0.241 e. The highest BCUT2D eigenvalue weighted by Crippen LogP contribution is 2.27. The number of nitrogens with zero attached hydrogens (tertiary/aromatic N) is 1. The number of aryl methyl sites for hydroxylation is 2. The van der Waals surface area contributed by atoms with Crippen LogP contribution in [0.15, 0.2) is 5.38 Å². The van der Waals surface area contributed by atoms with Crippen molar-refractivity contribution in [3.8, 4) is 0 Å². The third-order valence-electron chi connectivity index (χ3n) is 3.83. The van der Waals surface area contributed by atoms with Gasteiger partial charge >= 0.3 is 0 Å². The quantitative estimate of drug-likeness (QED) is 0.914. The van der Waals surface area contributed by atoms with E-state index < -0.39 is 0 Å². The molecule has 1 N–H and O–H groups in total. The largest absolute Gasteiger partial charge is 0.323 e. The lowest BCUT2D eigenvalue weighted by molar-refractivity contribution is -0.122. The highest BCUT2D eigenvalue weighted by molar-refractivity contribution is 7.10. The Morgan fingerprint density at radius 1 is 1.47 bits per heavy atom. The number of carbonyl (C=O) groups is 1. The fourth-order valence-corrected chi connectivity index (χ4v) is 3.61. The molecule has 3 nitrogen and oxygen atoms in total. The lowest BCUT2D eigenvalue weighted by Crippen LogP contribution is -2.47. The molecule has 2 heterocycles. The second kappa shape index (κ2) is 6.53. The van der Waals surface area contributed by atoms with Crippen molar-refractivity contribution < 1.29 is 4.79 Å². The SMILES string of the molecule is CCCN1CCCC[C@@H]1C(=O)Nc1c(C)csc1C. The van der Waals surface area contributed by atoms with Crippen LogP contribution in [0.5, 0.6) is 0 Å². The fraction of sp³-hybridized carbons (Fsp3) is 0.667. The van der Waals surface area contributed by atoms with Gasteiger partial charge in [-0.05, 0) is 57.1 Å². The van der Waals surface area contributed by atoms with E-state index in [9.17, 15) is 4.79 Å². The molecule has 19 heavy (non-hydrogen) atoms. The molecule has 1 aromatic heterocycles. The summed E-state index contributed by atoms with van der Waals surface area (Å²) >= 11 is 1.70. The Kier molecular flexibility index (Phi) is 4.99. The van der Waals surface area contributed by atoms with E-state index in [0.29, 0.717) is 0 Å². The highest BCUT2D eigenvalue weighted by Gasteiger charge is 2.28. The maximum Gasteiger partial charge on any atom is 0.241 e. The maximum atomic E-state index is 12.5. The topological polar surface area (TPSA) is 32.3 Å². The van der Waals surface area contributed by atoms with E-state index in [1.807, 2.05) is 0 Å². The fourth-order valence-electron chi connectivity index (χ4n) is 2.81. The average Bonchev–Trinajstić information content (AvgIpc) is 2.71. The number of nitrogens with one attached hydrogen (secondary N) is 1. The first-order chi connectivity index (χ1) is 9.13. The molecule has 0 saturated carbocycles. The van der Waals surface area contributed by atoms with Crippen LogP contribution in [0.3, 0.4) is 0 Å². The number of rotatable bonds is 4. The Balaban J connectivity index is 2.05. The van der Waals surface area contributed by atoms with E-state index in [-0.39, 0.29) is 11.9 Å². The molecular weight excluding hydrogens is 256 g/mol. The maximum absolute atomic E-state index is 12.5. The Labute approximate surface area is 120 Å². The molecule has 1 aliphatic rings. The molecule has 0 aliphatic carbocycles. The lowest BCUT2D eigenvalue weighted by atomic mass is 10.0. The van der Waals surface area contributed by atoms with Gasteiger partial charge in [0.15, 0.2) is 0 Å². The second-order valence-electron chi connectivity index (χ2n) is 5.39. The van der Waals surface area contributed by atoms with E-state index in [1.165, 1.54) is 23.3 Å². The van der Waals surface area contributed by atoms with Crippen molar-refractivity contribution in [1.82, 2.24) is 4.90 Å². The number of anilines is 1. The Hall–Kier alpha value is -0.870. The van der Waals surface area contributed by atoms with Crippen molar-refractivity contribution in [2.75, 3.05) is 18.4 Å². The second-order valence-corrected chi connectivity index (χ2v) is 6.47. The minimum Gasteiger partial charge on any atom is -0.323 e. The molecule has 1 amide bonds. The minimum absolute atomic E-state index is 0.0624. The first-order valence-electron chi connectivity index (χ1n) is 7.23. The predicted octanol–water partition coefficient (Wildman–Crippen LogP) is 3.57. The van der Waals surface area contributed by atoms with Crippen molar-refractivity contribution >= 4 is 22.9 Å². The van der Waals surface area contributed by atoms with E-state index >= 15 is 0 Å². The van der Waals surface area contributed by atoms with Crippen LogP contribution in [0.2, 0.25) is 0 Å². The molecule has 2 rings (SSSR count). The Bertz CT molecular complexity index is 420. The van der Waals surface area contributed by atoms with Gasteiger partial charge in [-0.1, -0.05) is 13.3 Å². The molecule has 1 fully saturated rings. The molecule has 1 aliphatic heterocycles. The Morgan fingerprint density at radius 3 is 2.89 bits per heavy atom. The molecule has 0 bridgehead atoms. The molecule has 4 heteroatoms. The minimum atomic E-state index is 0.0624. The van der Waals surface area contributed by atoms with Crippen LogP contribution in [0, 0.1) is 13.8 Å². The lowest BCUT2D eigenvalue weighted by Gasteiger charge is -2.34. The number of piperidine rings is 1. The summed E-state index contributed by atoms with van der Waals surface area (Å²) in [5.74, 6) is 0.178. The van der Waals surface area contributed by atoms with E-state index in [4.69, 9.17) is 0 Å². The van der Waals surface area contributed by atoms with E-state index in [0.717, 1.165) is 31.6 Å². The van der Waals surface area contributed by atoms with Crippen molar-refractivity contribution in [1.29, 1.82) is 0 Å². The average molecular weight is 280 g/mol. The summed E-state index contributed by atoms with van der Waals surface area (Å²) < 4.78 is 0. The van der Waals surface area contributed by atoms with Crippen LogP contribution < -0.4 is 5.32 Å². The summed E-state index contributed by atoms with van der Waals surface area (Å²) in [6.45, 7) is 8.39. The molecule has 0 aromatic carbocycles. The van der Waals surface area contributed by atoms with Gasteiger partial charge in [0, 0.05) is 4.88 Å². The summed E-state index contributed by atoms with van der Waals surface area (Å²) in [4.78, 5) is 16.0. The monoisotopic (exact) mass is 280 g/mol. The van der Waals surface area contributed by atoms with Gasteiger partial charge in [0.25, 0.3) is 0 Å². The third-order valence-corrected chi connectivity index (χ3v) is 4.86. The molecule has 0 radical (unpaired) electrons. The van der Waals surface area contributed by atoms with Crippen LogP contribution in [0.4, 0.5) is 5.69 Å². The summed E-state index contributed by atoms with van der Waals surface area (Å²) in [7, 11) is 0. The Morgan fingerprint density at radius 2 is 2.26 bits per heavy atom. The van der Waals surface area contributed by atoms with Gasteiger partial charge in [-0.2, -0.15) is 0 Å². The van der Waals surface area contributed by atoms with Gasteiger partial charge in [0.1, 0.15) is 0 Å². The number of likely N-dealkylation sites (tertiary alicyclic amines) is 1. The summed E-state index contributed by atoms with van der Waals surface area (Å²) in [6.07, 6.45) is 4.49. The van der Waals surface area contributed by atoms with Crippen LogP contribution in [0.25, 0.3) is 0 Å². The molecular formula is C15H24N2OS. The zero-order chi connectivity index (χ0) is 13.8. The number of carbonyl (C=O) groups excluding carboxylic acids is 1. The van der Waals surface area contributed by atoms with Crippen LogP contribution in [0.1, 0.15) is 43.0 Å². The van der Waals surface area contributed by atoms with E-state index in [2.05, 4.69) is 36.4 Å². The first-order valence-corrected chi connectivity index (χ1v) is 8.11. The highest BCUT2D eigenvalue weighted by atomic mass is 32.1. The van der Waals surface area contributed by atoms with Crippen LogP contribution in [-0.2, 0) is 4.79 Å². The summed E-state index contributed by atoms with van der Waals surface area (Å²) in [6, 6.07) is 0.0624. The summed E-state index contributed by atoms with van der Waals surface area (Å²) in [5, 5.41) is 5.25. The molecule has 0 spiro atoms. The molecule has 1 aromatic rings. The van der Waals surface area contributed by atoms with Gasteiger partial charge in [-0.15, -0.1) is 11.3 Å². The zero-order valence-electron chi connectivity index (χ0n) is 12.2. The zero-order valence-corrected chi connectivity index (χ0v) is 13.0. The van der Waals surface area contributed by atoms with Crippen molar-refractivity contribution in [2.24, 2.45) is 0 Å². The number of hydrogen-bond donors (Lipinski definition) is 1. The van der Waals surface area contributed by atoms with Crippen LogP contribution in [-0.4, -0.2) is 29.9 Å². The van der Waals surface area contributed by atoms with Crippen LogP contribution >= 0.6 is 11.3 Å². The molecule has 1 saturated heterocycles. The van der Waals surface area contributed by atoms with E-state index in [1.54, 1.807) is 11.3 Å². The molecule has 1 atom stereocenters. The van der Waals surface area contributed by atoms with Gasteiger partial charge in [-0.3, -0.25) is 9.69 Å². The number of amides is 1. The molecule has 0 unspecified atom stereocenters. The first kappa shape index (κ1) is 14.5. The van der Waals surface area contributed by atoms with Gasteiger partial charge in [0.2, 0.25) is 5.91 Å². The van der Waals surface area contributed by atoms with Crippen molar-refractivity contribution in [2.45, 2.75) is 52.5 Å². The van der Waals surface area contributed by atoms with Gasteiger partial charge in [-0.25, -0.2) is 0 Å². The number of thiophene rings is 1. The number of hydrogen-bond acceptors (Lipinski definition) is 3.